The molecular formula is C18H17FN4O. The Morgan fingerprint density at radius 1 is 1.17 bits per heavy atom. The Hall–Kier alpha value is -2.76. The van der Waals surface area contributed by atoms with Gasteiger partial charge in [0.1, 0.15) is 17.6 Å². The third kappa shape index (κ3) is 1.95. The van der Waals surface area contributed by atoms with Crippen LogP contribution in [-0.2, 0) is 5.54 Å². The molecule has 1 aromatic carbocycles. The lowest BCUT2D eigenvalue weighted by Crippen LogP contribution is -2.46. The van der Waals surface area contributed by atoms with Crippen LogP contribution in [0.15, 0.2) is 53.8 Å². The lowest BCUT2D eigenvalue weighted by Gasteiger charge is -2.45. The van der Waals surface area contributed by atoms with Gasteiger partial charge in [-0.05, 0) is 23.8 Å². The molecule has 1 unspecified atom stereocenters. The smallest absolute Gasteiger partial charge is 0.163 e. The SMILES string of the molecule is CC1(C)COc2ccc(-c3cncnc3)cc2C12C=C(F)C(N)=N2. The van der Waals surface area contributed by atoms with Gasteiger partial charge < -0.3 is 10.5 Å². The van der Waals surface area contributed by atoms with Crippen LogP contribution in [-0.4, -0.2) is 22.4 Å². The number of nitrogens with two attached hydrogens (primary N) is 1. The highest BCUT2D eigenvalue weighted by Gasteiger charge is 2.53. The Balaban J connectivity index is 1.95. The fourth-order valence-electron chi connectivity index (χ4n) is 3.33. The van der Waals surface area contributed by atoms with Gasteiger partial charge in [-0.25, -0.2) is 19.4 Å². The van der Waals surface area contributed by atoms with E-state index in [1.54, 1.807) is 12.4 Å². The van der Waals surface area contributed by atoms with E-state index in [2.05, 4.69) is 15.0 Å². The third-order valence-electron chi connectivity index (χ3n) is 4.78. The van der Waals surface area contributed by atoms with E-state index in [-0.39, 0.29) is 5.84 Å². The molecule has 3 heterocycles. The highest BCUT2D eigenvalue weighted by molar-refractivity contribution is 5.98. The number of nitrogens with zero attached hydrogens (tertiary/aromatic N) is 3. The van der Waals surface area contributed by atoms with Crippen LogP contribution in [0.4, 0.5) is 4.39 Å². The van der Waals surface area contributed by atoms with Crippen LogP contribution in [0.1, 0.15) is 19.4 Å². The minimum atomic E-state index is -0.875. The predicted octanol–water partition coefficient (Wildman–Crippen LogP) is 2.98. The predicted molar refractivity (Wildman–Crippen MR) is 89.2 cm³/mol. The van der Waals surface area contributed by atoms with Crippen molar-refractivity contribution in [1.82, 2.24) is 9.97 Å². The highest BCUT2D eigenvalue weighted by Crippen LogP contribution is 2.54. The molecule has 2 N–H and O–H groups in total. The normalized spacial score (nSPS) is 24.1. The molecule has 24 heavy (non-hydrogen) atoms. The summed E-state index contributed by atoms with van der Waals surface area (Å²) in [5.74, 6) is 0.145. The molecule has 0 radical (unpaired) electrons. The van der Waals surface area contributed by atoms with Crippen LogP contribution in [0.2, 0.25) is 0 Å². The number of ether oxygens (including phenoxy) is 1. The zero-order chi connectivity index (χ0) is 16.9. The van der Waals surface area contributed by atoms with Crippen molar-refractivity contribution in [3.63, 3.8) is 0 Å². The molecule has 0 aliphatic carbocycles. The molecular weight excluding hydrogens is 307 g/mol. The summed E-state index contributed by atoms with van der Waals surface area (Å²) in [6.45, 7) is 4.43. The van der Waals surface area contributed by atoms with Crippen molar-refractivity contribution < 1.29 is 9.13 Å². The molecule has 6 heteroatoms. The lowest BCUT2D eigenvalue weighted by atomic mass is 9.67. The summed E-state index contributed by atoms with van der Waals surface area (Å²) in [4.78, 5) is 12.6. The van der Waals surface area contributed by atoms with Gasteiger partial charge in [0.25, 0.3) is 0 Å². The molecule has 2 aliphatic heterocycles. The Kier molecular flexibility index (Phi) is 3.00. The standard InChI is InChI=1S/C18H17FN4O/c1-17(2)9-24-15-4-3-11(12-7-21-10-22-8-12)5-13(15)18(17)6-14(19)16(20)23-18/h3-8,10H,9H2,1-2H3,(H2,20,23). The fourth-order valence-corrected chi connectivity index (χ4v) is 3.33. The number of aliphatic imine (C=N–C) groups is 1. The molecule has 2 aromatic rings. The topological polar surface area (TPSA) is 73.4 Å². The minimum absolute atomic E-state index is 0.0654. The molecule has 2 aliphatic rings. The van der Waals surface area contributed by atoms with E-state index in [1.807, 2.05) is 32.0 Å². The van der Waals surface area contributed by atoms with Crippen LogP contribution < -0.4 is 10.5 Å². The molecule has 0 amide bonds. The molecule has 0 fully saturated rings. The van der Waals surface area contributed by atoms with Gasteiger partial charge in [0, 0.05) is 28.9 Å². The van der Waals surface area contributed by atoms with Crippen molar-refractivity contribution in [2.24, 2.45) is 16.1 Å². The van der Waals surface area contributed by atoms with Gasteiger partial charge in [-0.1, -0.05) is 19.9 Å². The Morgan fingerprint density at radius 3 is 2.58 bits per heavy atom. The molecule has 1 aromatic heterocycles. The summed E-state index contributed by atoms with van der Waals surface area (Å²) in [5, 5.41) is 0. The van der Waals surface area contributed by atoms with Gasteiger partial charge in [-0.15, -0.1) is 0 Å². The second kappa shape index (κ2) is 4.87. The summed E-state index contributed by atoms with van der Waals surface area (Å²) in [5.41, 5.74) is 7.04. The maximum atomic E-state index is 14.2. The first-order valence-corrected chi connectivity index (χ1v) is 7.70. The summed E-state index contributed by atoms with van der Waals surface area (Å²) in [6.07, 6.45) is 6.46. The molecule has 1 atom stereocenters. The van der Waals surface area contributed by atoms with Gasteiger partial charge in [-0.3, -0.25) is 0 Å². The Labute approximate surface area is 139 Å². The van der Waals surface area contributed by atoms with Crippen molar-refractivity contribution in [1.29, 1.82) is 0 Å². The molecule has 122 valence electrons. The van der Waals surface area contributed by atoms with Crippen molar-refractivity contribution >= 4 is 5.84 Å². The Morgan fingerprint density at radius 2 is 1.92 bits per heavy atom. The number of aromatic nitrogens is 2. The van der Waals surface area contributed by atoms with Crippen molar-refractivity contribution in [3.8, 4) is 16.9 Å². The number of rotatable bonds is 1. The quantitative estimate of drug-likeness (QED) is 0.875. The van der Waals surface area contributed by atoms with Crippen molar-refractivity contribution in [3.05, 3.63) is 54.4 Å². The number of hydrogen-bond acceptors (Lipinski definition) is 5. The Bertz CT molecular complexity index is 856. The summed E-state index contributed by atoms with van der Waals surface area (Å²) < 4.78 is 20.0. The van der Waals surface area contributed by atoms with E-state index >= 15 is 0 Å². The average molecular weight is 324 g/mol. The molecule has 4 rings (SSSR count). The molecule has 0 bridgehead atoms. The average Bonchev–Trinajstić information content (AvgIpc) is 2.89. The largest absolute Gasteiger partial charge is 0.493 e. The summed E-state index contributed by atoms with van der Waals surface area (Å²) >= 11 is 0. The second-order valence-corrected chi connectivity index (χ2v) is 6.77. The molecule has 0 saturated carbocycles. The van der Waals surface area contributed by atoms with Gasteiger partial charge >= 0.3 is 0 Å². The second-order valence-electron chi connectivity index (χ2n) is 6.77. The fraction of sp³-hybridized carbons (Fsp3) is 0.278. The van der Waals surface area contributed by atoms with Crippen molar-refractivity contribution in [2.45, 2.75) is 19.4 Å². The van der Waals surface area contributed by atoms with E-state index in [1.165, 1.54) is 12.4 Å². The number of halogens is 1. The maximum absolute atomic E-state index is 14.2. The van der Waals surface area contributed by atoms with Crippen LogP contribution in [0.25, 0.3) is 11.1 Å². The molecule has 5 nitrogen and oxygen atoms in total. The third-order valence-corrected chi connectivity index (χ3v) is 4.78. The molecule has 0 saturated heterocycles. The van der Waals surface area contributed by atoms with Crippen LogP contribution in [0, 0.1) is 5.41 Å². The number of hydrogen-bond donors (Lipinski definition) is 1. The van der Waals surface area contributed by atoms with Gasteiger partial charge in [0.05, 0.1) is 6.61 Å². The van der Waals surface area contributed by atoms with Gasteiger partial charge in [0.2, 0.25) is 0 Å². The van der Waals surface area contributed by atoms with Crippen LogP contribution in [0.3, 0.4) is 0 Å². The van der Waals surface area contributed by atoms with E-state index in [4.69, 9.17) is 10.5 Å². The first-order chi connectivity index (χ1) is 11.4. The van der Waals surface area contributed by atoms with Crippen LogP contribution >= 0.6 is 0 Å². The van der Waals surface area contributed by atoms with Crippen molar-refractivity contribution in [2.75, 3.05) is 6.61 Å². The zero-order valence-electron chi connectivity index (χ0n) is 13.5. The number of fused-ring (bicyclic) bond motifs is 2. The van der Waals surface area contributed by atoms with Gasteiger partial charge in [0.15, 0.2) is 11.7 Å². The van der Waals surface area contributed by atoms with E-state index in [0.29, 0.717) is 12.4 Å². The zero-order valence-corrected chi connectivity index (χ0v) is 13.5. The van der Waals surface area contributed by atoms with E-state index in [9.17, 15) is 4.39 Å². The number of amidine groups is 1. The molecule has 1 spiro atoms. The lowest BCUT2D eigenvalue weighted by molar-refractivity contribution is 0.0855. The summed E-state index contributed by atoms with van der Waals surface area (Å²) in [7, 11) is 0. The summed E-state index contributed by atoms with van der Waals surface area (Å²) in [6, 6.07) is 5.77. The highest BCUT2D eigenvalue weighted by atomic mass is 19.1. The first kappa shape index (κ1) is 14.8. The number of benzene rings is 1. The first-order valence-electron chi connectivity index (χ1n) is 7.70. The minimum Gasteiger partial charge on any atom is -0.493 e. The van der Waals surface area contributed by atoms with Gasteiger partial charge in [-0.2, -0.15) is 0 Å². The maximum Gasteiger partial charge on any atom is 0.163 e. The van der Waals surface area contributed by atoms with Crippen LogP contribution in [0.5, 0.6) is 5.75 Å². The monoisotopic (exact) mass is 324 g/mol. The van der Waals surface area contributed by atoms with E-state index < -0.39 is 16.8 Å². The van der Waals surface area contributed by atoms with E-state index in [0.717, 1.165) is 16.7 Å².